The molecule has 1 aliphatic carbocycles. The highest BCUT2D eigenvalue weighted by Crippen LogP contribution is 2.31. The summed E-state index contributed by atoms with van der Waals surface area (Å²) < 4.78 is 13.5. The second kappa shape index (κ2) is 8.54. The topological polar surface area (TPSA) is 61.9 Å². The minimum Gasteiger partial charge on any atom is -0.361 e. The summed E-state index contributed by atoms with van der Waals surface area (Å²) in [5, 5.41) is 1.19. The first-order valence-electron chi connectivity index (χ1n) is 11.0. The number of hydrogen-bond acceptors (Lipinski definition) is 3. The summed E-state index contributed by atoms with van der Waals surface area (Å²) in [5.74, 6) is 0.744. The summed E-state index contributed by atoms with van der Waals surface area (Å²) >= 11 is 0. The first-order chi connectivity index (χ1) is 15.6. The van der Waals surface area contributed by atoms with Crippen LogP contribution >= 0.6 is 0 Å². The van der Waals surface area contributed by atoms with Crippen LogP contribution in [0.5, 0.6) is 0 Å². The molecule has 2 aromatic heterocycles. The van der Waals surface area contributed by atoms with Crippen molar-refractivity contribution in [3.8, 4) is 11.3 Å². The van der Waals surface area contributed by atoms with E-state index in [0.717, 1.165) is 31.3 Å². The lowest BCUT2D eigenvalue weighted by molar-refractivity contribution is 0.0749. The van der Waals surface area contributed by atoms with Gasteiger partial charge in [-0.2, -0.15) is 0 Å². The van der Waals surface area contributed by atoms with Gasteiger partial charge in [-0.15, -0.1) is 0 Å². The summed E-state index contributed by atoms with van der Waals surface area (Å²) in [6.07, 6.45) is 6.72. The van der Waals surface area contributed by atoms with Crippen molar-refractivity contribution < 1.29 is 9.18 Å². The maximum absolute atomic E-state index is 13.7. The molecule has 6 heteroatoms. The van der Waals surface area contributed by atoms with Crippen molar-refractivity contribution >= 4 is 16.8 Å². The van der Waals surface area contributed by atoms with Crippen LogP contribution in [0.1, 0.15) is 34.6 Å². The number of aromatic nitrogens is 3. The van der Waals surface area contributed by atoms with Crippen molar-refractivity contribution in [1.29, 1.82) is 0 Å². The SMILES string of the molecule is Cc1ncc(C(=O)N(CCc2c[nH]c3ccccc23)CC2CC2)c(-c2ccc(F)cc2)n1. The number of para-hydroxylation sites is 1. The van der Waals surface area contributed by atoms with Crippen molar-refractivity contribution in [3.63, 3.8) is 0 Å². The number of carbonyl (C=O) groups is 1. The molecule has 0 atom stereocenters. The fraction of sp³-hybridized carbons (Fsp3) is 0.269. The third-order valence-electron chi connectivity index (χ3n) is 6.05. The molecule has 0 aliphatic heterocycles. The fourth-order valence-electron chi connectivity index (χ4n) is 4.11. The molecule has 5 nitrogen and oxygen atoms in total. The average Bonchev–Trinajstić information content (AvgIpc) is 3.54. The molecule has 1 aliphatic rings. The highest BCUT2D eigenvalue weighted by molar-refractivity contribution is 5.99. The molecule has 0 spiro atoms. The Kier molecular flexibility index (Phi) is 5.43. The van der Waals surface area contributed by atoms with Gasteiger partial charge in [-0.1, -0.05) is 18.2 Å². The minimum atomic E-state index is -0.318. The molecular formula is C26H25FN4O. The molecule has 0 saturated heterocycles. The van der Waals surface area contributed by atoms with Crippen LogP contribution in [0, 0.1) is 18.7 Å². The molecule has 4 aromatic rings. The van der Waals surface area contributed by atoms with E-state index in [0.29, 0.717) is 35.1 Å². The molecule has 162 valence electrons. The van der Waals surface area contributed by atoms with E-state index >= 15 is 0 Å². The van der Waals surface area contributed by atoms with E-state index in [-0.39, 0.29) is 11.7 Å². The van der Waals surface area contributed by atoms with Gasteiger partial charge in [-0.3, -0.25) is 4.79 Å². The molecule has 32 heavy (non-hydrogen) atoms. The number of fused-ring (bicyclic) bond motifs is 1. The number of hydrogen-bond donors (Lipinski definition) is 1. The number of aryl methyl sites for hydroxylation is 1. The fourth-order valence-corrected chi connectivity index (χ4v) is 4.11. The van der Waals surface area contributed by atoms with Crippen LogP contribution in [0.15, 0.2) is 60.9 Å². The standard InChI is InChI=1S/C26H25FN4O/c1-17-28-15-23(25(30-17)19-8-10-21(27)11-9-19)26(32)31(16-18-6-7-18)13-12-20-14-29-24-5-3-2-4-22(20)24/h2-5,8-11,14-15,18,29H,6-7,12-13,16H2,1H3. The van der Waals surface area contributed by atoms with E-state index in [1.165, 1.54) is 23.1 Å². The first-order valence-corrected chi connectivity index (χ1v) is 11.0. The molecular weight excluding hydrogens is 403 g/mol. The van der Waals surface area contributed by atoms with E-state index in [4.69, 9.17) is 0 Å². The van der Waals surface area contributed by atoms with Crippen LogP contribution in [-0.2, 0) is 6.42 Å². The van der Waals surface area contributed by atoms with E-state index in [1.807, 2.05) is 23.2 Å². The predicted octanol–water partition coefficient (Wildman–Crippen LogP) is 5.17. The van der Waals surface area contributed by atoms with Gasteiger partial charge in [0.15, 0.2) is 0 Å². The van der Waals surface area contributed by atoms with Gasteiger partial charge in [0.1, 0.15) is 11.6 Å². The first kappa shape index (κ1) is 20.4. The van der Waals surface area contributed by atoms with E-state index in [2.05, 4.69) is 27.1 Å². The predicted molar refractivity (Wildman–Crippen MR) is 123 cm³/mol. The van der Waals surface area contributed by atoms with Crippen molar-refractivity contribution in [2.75, 3.05) is 13.1 Å². The summed E-state index contributed by atoms with van der Waals surface area (Å²) in [6, 6.07) is 14.3. The summed E-state index contributed by atoms with van der Waals surface area (Å²) in [5.41, 5.74) is 4.03. The molecule has 2 heterocycles. The molecule has 0 bridgehead atoms. The van der Waals surface area contributed by atoms with Crippen molar-refractivity contribution in [2.24, 2.45) is 5.92 Å². The van der Waals surface area contributed by atoms with Gasteiger partial charge < -0.3 is 9.88 Å². The second-order valence-corrected chi connectivity index (χ2v) is 8.49. The van der Waals surface area contributed by atoms with Gasteiger partial charge in [0.05, 0.1) is 11.3 Å². The third-order valence-corrected chi connectivity index (χ3v) is 6.05. The Balaban J connectivity index is 1.43. The quantitative estimate of drug-likeness (QED) is 0.442. The number of halogens is 1. The Hall–Kier alpha value is -3.54. The van der Waals surface area contributed by atoms with Gasteiger partial charge in [-0.05, 0) is 68.0 Å². The molecule has 2 aromatic carbocycles. The largest absolute Gasteiger partial charge is 0.361 e. The van der Waals surface area contributed by atoms with Crippen molar-refractivity contribution in [1.82, 2.24) is 19.9 Å². The molecule has 5 rings (SSSR count). The van der Waals surface area contributed by atoms with Crippen LogP contribution < -0.4 is 0 Å². The monoisotopic (exact) mass is 428 g/mol. The molecule has 1 fully saturated rings. The van der Waals surface area contributed by atoms with Gasteiger partial charge in [0, 0.05) is 41.9 Å². The lowest BCUT2D eigenvalue weighted by Crippen LogP contribution is -2.35. The van der Waals surface area contributed by atoms with Crippen molar-refractivity contribution in [2.45, 2.75) is 26.2 Å². The minimum absolute atomic E-state index is 0.0731. The highest BCUT2D eigenvalue weighted by atomic mass is 19.1. The summed E-state index contributed by atoms with van der Waals surface area (Å²) in [4.78, 5) is 27.7. The molecule has 0 unspecified atom stereocenters. The van der Waals surface area contributed by atoms with Crippen LogP contribution in [0.3, 0.4) is 0 Å². The lowest BCUT2D eigenvalue weighted by atomic mass is 10.0. The van der Waals surface area contributed by atoms with E-state index in [1.54, 1.807) is 25.3 Å². The molecule has 1 saturated carbocycles. The van der Waals surface area contributed by atoms with Gasteiger partial charge in [-0.25, -0.2) is 14.4 Å². The Morgan fingerprint density at radius 2 is 1.94 bits per heavy atom. The van der Waals surface area contributed by atoms with Gasteiger partial charge in [0.2, 0.25) is 0 Å². The normalized spacial score (nSPS) is 13.4. The smallest absolute Gasteiger partial charge is 0.257 e. The molecule has 1 amide bonds. The Morgan fingerprint density at radius 1 is 1.16 bits per heavy atom. The van der Waals surface area contributed by atoms with E-state index in [9.17, 15) is 9.18 Å². The molecule has 1 N–H and O–H groups in total. The van der Waals surface area contributed by atoms with Crippen LogP contribution in [0.25, 0.3) is 22.2 Å². The van der Waals surface area contributed by atoms with Crippen LogP contribution in [-0.4, -0.2) is 38.8 Å². The number of aromatic amines is 1. The number of nitrogens with one attached hydrogen (secondary N) is 1. The van der Waals surface area contributed by atoms with Crippen LogP contribution in [0.2, 0.25) is 0 Å². The highest BCUT2D eigenvalue weighted by Gasteiger charge is 2.29. The van der Waals surface area contributed by atoms with Gasteiger partial charge in [0.25, 0.3) is 5.91 Å². The Labute approximate surface area is 186 Å². The number of H-pyrrole nitrogens is 1. The number of nitrogens with zero attached hydrogens (tertiary/aromatic N) is 3. The number of benzene rings is 2. The van der Waals surface area contributed by atoms with Gasteiger partial charge >= 0.3 is 0 Å². The van der Waals surface area contributed by atoms with E-state index < -0.39 is 0 Å². The van der Waals surface area contributed by atoms with Crippen molar-refractivity contribution in [3.05, 3.63) is 83.7 Å². The number of rotatable bonds is 7. The second-order valence-electron chi connectivity index (χ2n) is 8.49. The Morgan fingerprint density at radius 3 is 2.72 bits per heavy atom. The van der Waals surface area contributed by atoms with Crippen LogP contribution in [0.4, 0.5) is 4.39 Å². The maximum atomic E-state index is 13.7. The number of amides is 1. The third kappa shape index (κ3) is 4.26. The summed E-state index contributed by atoms with van der Waals surface area (Å²) in [6.45, 7) is 3.14. The zero-order valence-corrected chi connectivity index (χ0v) is 18.0. The zero-order chi connectivity index (χ0) is 22.1. The zero-order valence-electron chi connectivity index (χ0n) is 18.0. The lowest BCUT2D eigenvalue weighted by Gasteiger charge is -2.23. The Bertz CT molecular complexity index is 1260. The number of carbonyl (C=O) groups excluding carboxylic acids is 1. The molecule has 0 radical (unpaired) electrons. The average molecular weight is 429 g/mol. The summed E-state index contributed by atoms with van der Waals surface area (Å²) in [7, 11) is 0. The maximum Gasteiger partial charge on any atom is 0.257 e.